The Kier molecular flexibility index (Phi) is 6.56. The van der Waals surface area contributed by atoms with Crippen molar-refractivity contribution in [3.05, 3.63) is 53.2 Å². The highest BCUT2D eigenvalue weighted by Gasteiger charge is 2.19. The normalized spacial score (nSPS) is 14.5. The minimum atomic E-state index is -0.0551. The van der Waals surface area contributed by atoms with Gasteiger partial charge in [0.1, 0.15) is 5.82 Å². The van der Waals surface area contributed by atoms with Gasteiger partial charge in [0, 0.05) is 49.6 Å². The van der Waals surface area contributed by atoms with Crippen LogP contribution in [0.1, 0.15) is 30.6 Å². The highest BCUT2D eigenvalue weighted by atomic mass is 35.5. The molecule has 1 amide bonds. The van der Waals surface area contributed by atoms with Gasteiger partial charge in [0.15, 0.2) is 0 Å². The Bertz CT molecular complexity index is 755. The van der Waals surface area contributed by atoms with Gasteiger partial charge in [-0.25, -0.2) is 4.98 Å². The van der Waals surface area contributed by atoms with Gasteiger partial charge >= 0.3 is 0 Å². The van der Waals surface area contributed by atoms with E-state index in [0.29, 0.717) is 18.0 Å². The minimum absolute atomic E-state index is 0.0551. The first-order chi connectivity index (χ1) is 13.0. The van der Waals surface area contributed by atoms with Gasteiger partial charge in [0.2, 0.25) is 0 Å². The molecular weight excluding hydrogens is 360 g/mol. The molecule has 0 spiro atoms. The van der Waals surface area contributed by atoms with Crippen LogP contribution in [0.15, 0.2) is 42.6 Å². The summed E-state index contributed by atoms with van der Waals surface area (Å²) in [5, 5.41) is 3.71. The summed E-state index contributed by atoms with van der Waals surface area (Å²) in [5.41, 5.74) is 1.77. The molecule has 0 bridgehead atoms. The number of rotatable bonds is 6. The van der Waals surface area contributed by atoms with E-state index in [9.17, 15) is 4.79 Å². The Morgan fingerprint density at radius 2 is 1.89 bits per heavy atom. The Hall–Kier alpha value is -2.27. The van der Waals surface area contributed by atoms with Crippen LogP contribution in [0.3, 0.4) is 0 Å². The van der Waals surface area contributed by atoms with Crippen molar-refractivity contribution in [3.8, 4) is 0 Å². The zero-order valence-corrected chi connectivity index (χ0v) is 16.7. The molecule has 0 saturated carbocycles. The molecule has 3 rings (SSSR count). The number of aromatic nitrogens is 1. The fourth-order valence-electron chi connectivity index (χ4n) is 3.15. The van der Waals surface area contributed by atoms with E-state index < -0.39 is 0 Å². The first-order valence-corrected chi connectivity index (χ1v) is 9.90. The average Bonchev–Trinajstić information content (AvgIpc) is 2.68. The predicted octanol–water partition coefficient (Wildman–Crippen LogP) is 3.84. The third-order valence-electron chi connectivity index (χ3n) is 4.79. The number of halogens is 1. The summed E-state index contributed by atoms with van der Waals surface area (Å²) >= 11 is 6.10. The van der Waals surface area contributed by atoms with Crippen LogP contribution in [0, 0.1) is 5.92 Å². The van der Waals surface area contributed by atoms with Crippen LogP contribution in [0.2, 0.25) is 5.02 Å². The molecule has 5 nitrogen and oxygen atoms in total. The predicted molar refractivity (Wildman–Crippen MR) is 112 cm³/mol. The second kappa shape index (κ2) is 9.09. The number of pyridine rings is 1. The van der Waals surface area contributed by atoms with Crippen LogP contribution in [0.4, 0.5) is 11.5 Å². The van der Waals surface area contributed by atoms with E-state index in [-0.39, 0.29) is 5.91 Å². The van der Waals surface area contributed by atoms with Crippen LogP contribution in [0.25, 0.3) is 0 Å². The number of hydrogen-bond donors (Lipinski definition) is 1. The number of hydrogen-bond acceptors (Lipinski definition) is 4. The molecule has 144 valence electrons. The summed E-state index contributed by atoms with van der Waals surface area (Å²) < 4.78 is 0. The molecule has 1 N–H and O–H groups in total. The minimum Gasteiger partial charge on any atom is -0.368 e. The van der Waals surface area contributed by atoms with E-state index in [4.69, 9.17) is 11.6 Å². The van der Waals surface area contributed by atoms with E-state index in [0.717, 1.165) is 49.1 Å². The maximum absolute atomic E-state index is 12.2. The molecule has 1 aromatic heterocycles. The molecule has 1 aromatic carbocycles. The standard InChI is InChI=1S/C21H27ClN4O/c1-16(2)8-9-23-21(27)17-6-7-20(24-15-17)26-12-10-25(11-13-26)19-5-3-4-18(22)14-19/h3-7,14-16H,8-13H2,1-2H3,(H,23,27). The van der Waals surface area contributed by atoms with Crippen molar-refractivity contribution in [3.63, 3.8) is 0 Å². The van der Waals surface area contributed by atoms with Crippen molar-refractivity contribution < 1.29 is 4.79 Å². The summed E-state index contributed by atoms with van der Waals surface area (Å²) in [6.07, 6.45) is 2.65. The van der Waals surface area contributed by atoms with Crippen molar-refractivity contribution in [2.45, 2.75) is 20.3 Å². The lowest BCUT2D eigenvalue weighted by molar-refractivity contribution is 0.0951. The zero-order valence-electron chi connectivity index (χ0n) is 16.0. The van der Waals surface area contributed by atoms with Crippen molar-refractivity contribution in [2.75, 3.05) is 42.5 Å². The number of nitrogens with one attached hydrogen (secondary N) is 1. The third kappa shape index (κ3) is 5.36. The van der Waals surface area contributed by atoms with Crippen molar-refractivity contribution in [2.24, 2.45) is 5.92 Å². The highest BCUT2D eigenvalue weighted by Crippen LogP contribution is 2.22. The quantitative estimate of drug-likeness (QED) is 0.819. The third-order valence-corrected chi connectivity index (χ3v) is 5.03. The van der Waals surface area contributed by atoms with Gasteiger partial charge in [-0.1, -0.05) is 31.5 Å². The van der Waals surface area contributed by atoms with Gasteiger partial charge in [0.25, 0.3) is 5.91 Å². The number of carbonyl (C=O) groups is 1. The smallest absolute Gasteiger partial charge is 0.252 e. The molecule has 6 heteroatoms. The molecule has 1 aliphatic rings. The summed E-state index contributed by atoms with van der Waals surface area (Å²) in [5.74, 6) is 1.44. The maximum atomic E-state index is 12.2. The van der Waals surface area contributed by atoms with E-state index in [2.05, 4.69) is 40.0 Å². The van der Waals surface area contributed by atoms with Crippen molar-refractivity contribution in [1.82, 2.24) is 10.3 Å². The van der Waals surface area contributed by atoms with Gasteiger partial charge in [-0.15, -0.1) is 0 Å². The topological polar surface area (TPSA) is 48.5 Å². The maximum Gasteiger partial charge on any atom is 0.252 e. The molecule has 0 unspecified atom stereocenters. The summed E-state index contributed by atoms with van der Waals surface area (Å²) in [6, 6.07) is 11.8. The second-order valence-electron chi connectivity index (χ2n) is 7.30. The van der Waals surface area contributed by atoms with E-state index in [1.165, 1.54) is 0 Å². The second-order valence-corrected chi connectivity index (χ2v) is 7.73. The van der Waals surface area contributed by atoms with Crippen molar-refractivity contribution >= 4 is 29.0 Å². The van der Waals surface area contributed by atoms with Crippen LogP contribution in [-0.4, -0.2) is 43.6 Å². The average molecular weight is 387 g/mol. The first-order valence-electron chi connectivity index (χ1n) is 9.52. The van der Waals surface area contributed by atoms with Gasteiger partial charge < -0.3 is 15.1 Å². The fraction of sp³-hybridized carbons (Fsp3) is 0.429. The van der Waals surface area contributed by atoms with E-state index in [1.54, 1.807) is 6.20 Å². The molecule has 2 aromatic rings. The lowest BCUT2D eigenvalue weighted by Crippen LogP contribution is -2.46. The van der Waals surface area contributed by atoms with Crippen LogP contribution in [0.5, 0.6) is 0 Å². The molecule has 1 aliphatic heterocycles. The molecule has 1 fully saturated rings. The number of amides is 1. The molecule has 2 heterocycles. The van der Waals surface area contributed by atoms with Crippen LogP contribution in [-0.2, 0) is 0 Å². The number of piperazine rings is 1. The van der Waals surface area contributed by atoms with Gasteiger partial charge in [-0.2, -0.15) is 0 Å². The number of carbonyl (C=O) groups excluding carboxylic acids is 1. The Balaban J connectivity index is 1.53. The zero-order chi connectivity index (χ0) is 19.2. The summed E-state index contributed by atoms with van der Waals surface area (Å²) in [7, 11) is 0. The van der Waals surface area contributed by atoms with Crippen molar-refractivity contribution in [1.29, 1.82) is 0 Å². The highest BCUT2D eigenvalue weighted by molar-refractivity contribution is 6.30. The van der Waals surface area contributed by atoms with E-state index >= 15 is 0 Å². The fourth-order valence-corrected chi connectivity index (χ4v) is 3.33. The molecule has 0 radical (unpaired) electrons. The Morgan fingerprint density at radius 1 is 1.15 bits per heavy atom. The summed E-state index contributed by atoms with van der Waals surface area (Å²) in [6.45, 7) is 8.60. The number of nitrogens with zero attached hydrogens (tertiary/aromatic N) is 3. The molecule has 1 saturated heterocycles. The Labute approximate surface area is 166 Å². The molecule has 0 aliphatic carbocycles. The molecule has 27 heavy (non-hydrogen) atoms. The molecular formula is C21H27ClN4O. The first kappa shape index (κ1) is 19.5. The van der Waals surface area contributed by atoms with Crippen LogP contribution >= 0.6 is 11.6 Å². The van der Waals surface area contributed by atoms with Gasteiger partial charge in [-0.05, 0) is 42.7 Å². The largest absolute Gasteiger partial charge is 0.368 e. The monoisotopic (exact) mass is 386 g/mol. The number of anilines is 2. The SMILES string of the molecule is CC(C)CCNC(=O)c1ccc(N2CCN(c3cccc(Cl)c3)CC2)nc1. The lowest BCUT2D eigenvalue weighted by Gasteiger charge is -2.36. The van der Waals surface area contributed by atoms with Gasteiger partial charge in [0.05, 0.1) is 5.56 Å². The van der Waals surface area contributed by atoms with Crippen LogP contribution < -0.4 is 15.1 Å². The van der Waals surface area contributed by atoms with E-state index in [1.807, 2.05) is 30.3 Å². The molecule has 0 atom stereocenters. The lowest BCUT2D eigenvalue weighted by atomic mass is 10.1. The Morgan fingerprint density at radius 3 is 2.52 bits per heavy atom. The number of benzene rings is 1. The van der Waals surface area contributed by atoms with Gasteiger partial charge in [-0.3, -0.25) is 4.79 Å². The summed E-state index contributed by atoms with van der Waals surface area (Å²) in [4.78, 5) is 21.2.